The van der Waals surface area contributed by atoms with Crippen molar-refractivity contribution in [1.29, 1.82) is 0 Å². The van der Waals surface area contributed by atoms with Gasteiger partial charge in [0.05, 0.1) is 6.54 Å². The molecule has 0 unspecified atom stereocenters. The zero-order chi connectivity index (χ0) is 17.8. The first-order valence-corrected chi connectivity index (χ1v) is 8.62. The number of ketones is 1. The van der Waals surface area contributed by atoms with Crippen molar-refractivity contribution in [2.75, 3.05) is 7.05 Å². The third-order valence-electron chi connectivity index (χ3n) is 4.77. The average molecular weight is 338 g/mol. The van der Waals surface area contributed by atoms with Gasteiger partial charge in [-0.25, -0.2) is 0 Å². The number of Topliss-reactive ketones (excluding diaryl/α,β-unsaturated/α-hetero) is 1. The van der Waals surface area contributed by atoms with Gasteiger partial charge in [0.25, 0.3) is 11.5 Å². The third kappa shape index (κ3) is 3.87. The van der Waals surface area contributed by atoms with Gasteiger partial charge in [-0.2, -0.15) is 0 Å². The number of nitrogens with zero attached hydrogens (tertiary/aromatic N) is 1. The Balaban J connectivity index is 1.97. The zero-order valence-corrected chi connectivity index (χ0v) is 14.3. The number of benzene rings is 1. The molecule has 1 aliphatic carbocycles. The predicted molar refractivity (Wildman–Crippen MR) is 95.9 cm³/mol. The van der Waals surface area contributed by atoms with Gasteiger partial charge in [-0.3, -0.25) is 14.4 Å². The Bertz CT molecular complexity index is 836. The van der Waals surface area contributed by atoms with Gasteiger partial charge in [-0.15, -0.1) is 0 Å². The Morgan fingerprint density at radius 2 is 1.92 bits per heavy atom. The van der Waals surface area contributed by atoms with Crippen molar-refractivity contribution in [3.05, 3.63) is 69.6 Å². The van der Waals surface area contributed by atoms with E-state index in [-0.39, 0.29) is 16.9 Å². The van der Waals surface area contributed by atoms with E-state index in [2.05, 4.69) is 5.32 Å². The topological polar surface area (TPSA) is 68.2 Å². The first kappa shape index (κ1) is 17.1. The second-order valence-corrected chi connectivity index (χ2v) is 6.56. The summed E-state index contributed by atoms with van der Waals surface area (Å²) in [5.74, 6) is -0.0350. The number of nitrogens with one attached hydrogen (secondary N) is 1. The fourth-order valence-electron chi connectivity index (χ4n) is 3.06. The molecule has 0 bridgehead atoms. The van der Waals surface area contributed by atoms with Crippen LogP contribution in [0.3, 0.4) is 0 Å². The number of carbonyl (C=O) groups is 2. The van der Waals surface area contributed by atoms with Gasteiger partial charge in [0, 0.05) is 25.2 Å². The lowest BCUT2D eigenvalue weighted by atomic mass is 9.81. The maximum absolute atomic E-state index is 12.6. The van der Waals surface area contributed by atoms with Gasteiger partial charge in [0.1, 0.15) is 5.56 Å². The monoisotopic (exact) mass is 338 g/mol. The van der Waals surface area contributed by atoms with E-state index >= 15 is 0 Å². The zero-order valence-electron chi connectivity index (χ0n) is 14.3. The summed E-state index contributed by atoms with van der Waals surface area (Å²) >= 11 is 0. The van der Waals surface area contributed by atoms with Crippen LogP contribution in [0, 0.1) is 5.92 Å². The van der Waals surface area contributed by atoms with Crippen LogP contribution in [0.4, 0.5) is 0 Å². The fourth-order valence-corrected chi connectivity index (χ4v) is 3.06. The minimum atomic E-state index is -0.467. The second-order valence-electron chi connectivity index (χ2n) is 6.56. The smallest absolute Gasteiger partial charge is 0.263 e. The number of pyridine rings is 1. The molecule has 1 heterocycles. The normalized spacial score (nSPS) is 14.0. The number of carbonyl (C=O) groups excluding carboxylic acids is 2. The van der Waals surface area contributed by atoms with E-state index in [1.807, 2.05) is 30.3 Å². The molecule has 0 atom stereocenters. The molecule has 25 heavy (non-hydrogen) atoms. The van der Waals surface area contributed by atoms with E-state index in [4.69, 9.17) is 0 Å². The highest BCUT2D eigenvalue weighted by molar-refractivity contribution is 6.00. The molecule has 1 saturated carbocycles. The minimum absolute atomic E-state index is 0.00309. The van der Waals surface area contributed by atoms with Crippen molar-refractivity contribution in [1.82, 2.24) is 9.88 Å². The Morgan fingerprint density at radius 1 is 1.20 bits per heavy atom. The number of hydrogen-bond donors (Lipinski definition) is 1. The quantitative estimate of drug-likeness (QED) is 0.823. The Morgan fingerprint density at radius 3 is 2.52 bits per heavy atom. The van der Waals surface area contributed by atoms with E-state index in [0.29, 0.717) is 24.4 Å². The summed E-state index contributed by atoms with van der Waals surface area (Å²) in [6, 6.07) is 10.9. The molecule has 0 saturated heterocycles. The lowest BCUT2D eigenvalue weighted by Crippen LogP contribution is -2.32. The molecular formula is C20H22N2O3. The highest BCUT2D eigenvalue weighted by atomic mass is 16.2. The number of rotatable bonds is 6. The summed E-state index contributed by atoms with van der Waals surface area (Å²) in [7, 11) is 1.48. The standard InChI is InChI=1S/C20H22N2O3/c1-21-19(24)17-11-16(18(23)10-14-8-5-9-14)13-22(20(17)25)12-15-6-3-2-4-7-15/h2-4,6-7,11,13-14H,5,8-10,12H2,1H3,(H,21,24). The fraction of sp³-hybridized carbons (Fsp3) is 0.350. The molecule has 0 spiro atoms. The van der Waals surface area contributed by atoms with Crippen LogP contribution in [-0.2, 0) is 6.54 Å². The van der Waals surface area contributed by atoms with E-state index < -0.39 is 5.91 Å². The molecule has 1 N–H and O–H groups in total. The van der Waals surface area contributed by atoms with E-state index in [1.54, 1.807) is 6.20 Å². The lowest BCUT2D eigenvalue weighted by Gasteiger charge is -2.24. The molecule has 5 nitrogen and oxygen atoms in total. The summed E-state index contributed by atoms with van der Waals surface area (Å²) in [5.41, 5.74) is 0.998. The molecule has 1 amide bonds. The molecule has 2 aromatic rings. The first-order valence-electron chi connectivity index (χ1n) is 8.62. The van der Waals surface area contributed by atoms with E-state index in [0.717, 1.165) is 18.4 Å². The molecule has 1 fully saturated rings. The molecule has 130 valence electrons. The summed E-state index contributed by atoms with van der Waals surface area (Å²) < 4.78 is 1.45. The van der Waals surface area contributed by atoms with Gasteiger partial charge in [0.15, 0.2) is 5.78 Å². The molecule has 1 aromatic heterocycles. The van der Waals surface area contributed by atoms with Gasteiger partial charge in [0.2, 0.25) is 0 Å². The van der Waals surface area contributed by atoms with Crippen molar-refractivity contribution < 1.29 is 9.59 Å². The van der Waals surface area contributed by atoms with E-state index in [1.165, 1.54) is 24.1 Å². The Kier molecular flexibility index (Phi) is 5.12. The van der Waals surface area contributed by atoms with Crippen LogP contribution in [0.25, 0.3) is 0 Å². The van der Waals surface area contributed by atoms with Crippen LogP contribution in [-0.4, -0.2) is 23.3 Å². The lowest BCUT2D eigenvalue weighted by molar-refractivity contribution is 0.0935. The summed E-state index contributed by atoms with van der Waals surface area (Å²) in [6.07, 6.45) is 5.41. The van der Waals surface area contributed by atoms with Gasteiger partial charge in [-0.1, -0.05) is 49.6 Å². The van der Waals surface area contributed by atoms with Crippen LogP contribution < -0.4 is 10.9 Å². The first-order chi connectivity index (χ1) is 12.1. The van der Waals surface area contributed by atoms with Gasteiger partial charge < -0.3 is 9.88 Å². The SMILES string of the molecule is CNC(=O)c1cc(C(=O)CC2CCC2)cn(Cc2ccccc2)c1=O. The van der Waals surface area contributed by atoms with Crippen molar-refractivity contribution in [2.24, 2.45) is 5.92 Å². The number of aromatic nitrogens is 1. The van der Waals surface area contributed by atoms with Crippen molar-refractivity contribution in [2.45, 2.75) is 32.2 Å². The van der Waals surface area contributed by atoms with Crippen LogP contribution in [0.2, 0.25) is 0 Å². The van der Waals surface area contributed by atoms with Crippen molar-refractivity contribution in [3.63, 3.8) is 0 Å². The number of hydrogen-bond acceptors (Lipinski definition) is 3. The maximum atomic E-state index is 12.6. The summed E-state index contributed by atoms with van der Waals surface area (Å²) in [4.78, 5) is 37.3. The third-order valence-corrected chi connectivity index (χ3v) is 4.77. The molecule has 1 aliphatic rings. The maximum Gasteiger partial charge on any atom is 0.263 e. The van der Waals surface area contributed by atoms with Crippen LogP contribution in [0.1, 0.15) is 52.0 Å². The molecule has 3 rings (SSSR count). The van der Waals surface area contributed by atoms with Gasteiger partial charge in [-0.05, 0) is 17.5 Å². The molecule has 0 aliphatic heterocycles. The molecule has 1 aromatic carbocycles. The second kappa shape index (κ2) is 7.47. The average Bonchev–Trinajstić information content (AvgIpc) is 2.60. The van der Waals surface area contributed by atoms with Gasteiger partial charge >= 0.3 is 0 Å². The molecule has 0 radical (unpaired) electrons. The highest BCUT2D eigenvalue weighted by Gasteiger charge is 2.23. The highest BCUT2D eigenvalue weighted by Crippen LogP contribution is 2.30. The molecule has 5 heteroatoms. The van der Waals surface area contributed by atoms with Crippen molar-refractivity contribution >= 4 is 11.7 Å². The summed E-state index contributed by atoms with van der Waals surface area (Å²) in [6.45, 7) is 0.328. The van der Waals surface area contributed by atoms with Crippen LogP contribution >= 0.6 is 0 Å². The Hall–Kier alpha value is -2.69. The summed E-state index contributed by atoms with van der Waals surface area (Å²) in [5, 5.41) is 2.48. The molecular weight excluding hydrogens is 316 g/mol. The minimum Gasteiger partial charge on any atom is -0.355 e. The largest absolute Gasteiger partial charge is 0.355 e. The Labute approximate surface area is 146 Å². The predicted octanol–water partition coefficient (Wildman–Crippen LogP) is 2.63. The number of amides is 1. The van der Waals surface area contributed by atoms with E-state index in [9.17, 15) is 14.4 Å². The van der Waals surface area contributed by atoms with Crippen molar-refractivity contribution in [3.8, 4) is 0 Å². The van der Waals surface area contributed by atoms with Crippen LogP contribution in [0.5, 0.6) is 0 Å². The van der Waals surface area contributed by atoms with Crippen LogP contribution in [0.15, 0.2) is 47.4 Å².